The molecule has 2 aromatic rings. The van der Waals surface area contributed by atoms with Crippen LogP contribution < -0.4 is 5.32 Å². The SMILES string of the molecule is Cc1cccc(C)c1NCc1nnc(C(C)C)o1. The van der Waals surface area contributed by atoms with Gasteiger partial charge in [-0.2, -0.15) is 0 Å². The lowest BCUT2D eigenvalue weighted by molar-refractivity contribution is 0.437. The van der Waals surface area contributed by atoms with Gasteiger partial charge in [-0.1, -0.05) is 32.0 Å². The van der Waals surface area contributed by atoms with Crippen molar-refractivity contribution in [1.29, 1.82) is 0 Å². The molecule has 0 radical (unpaired) electrons. The number of benzene rings is 1. The molecule has 0 aliphatic heterocycles. The average Bonchev–Trinajstić information content (AvgIpc) is 2.77. The maximum atomic E-state index is 5.56. The van der Waals surface area contributed by atoms with Gasteiger partial charge in [-0.15, -0.1) is 10.2 Å². The summed E-state index contributed by atoms with van der Waals surface area (Å²) in [5.74, 6) is 1.58. The molecule has 96 valence electrons. The zero-order chi connectivity index (χ0) is 13.1. The third-order valence-corrected chi connectivity index (χ3v) is 2.87. The molecule has 4 heteroatoms. The molecule has 0 bridgehead atoms. The molecule has 1 aromatic carbocycles. The van der Waals surface area contributed by atoms with Crippen LogP contribution in [0.2, 0.25) is 0 Å². The number of nitrogens with one attached hydrogen (secondary N) is 1. The maximum Gasteiger partial charge on any atom is 0.235 e. The highest BCUT2D eigenvalue weighted by molar-refractivity contribution is 5.56. The Morgan fingerprint density at radius 3 is 2.39 bits per heavy atom. The summed E-state index contributed by atoms with van der Waals surface area (Å²) in [6.07, 6.45) is 0. The van der Waals surface area contributed by atoms with Gasteiger partial charge in [-0.05, 0) is 25.0 Å². The van der Waals surface area contributed by atoms with Crippen LogP contribution in [0.15, 0.2) is 22.6 Å². The van der Waals surface area contributed by atoms with Crippen molar-refractivity contribution in [2.75, 3.05) is 5.32 Å². The number of aryl methyl sites for hydroxylation is 2. The summed E-state index contributed by atoms with van der Waals surface area (Å²) in [5.41, 5.74) is 3.58. The van der Waals surface area contributed by atoms with E-state index in [1.165, 1.54) is 11.1 Å². The van der Waals surface area contributed by atoms with Crippen molar-refractivity contribution in [2.45, 2.75) is 40.2 Å². The van der Waals surface area contributed by atoms with E-state index in [1.54, 1.807) is 0 Å². The molecule has 0 saturated carbocycles. The molecule has 4 nitrogen and oxygen atoms in total. The Hall–Kier alpha value is -1.84. The van der Waals surface area contributed by atoms with Gasteiger partial charge in [0.15, 0.2) is 0 Å². The summed E-state index contributed by atoms with van der Waals surface area (Å²) in [4.78, 5) is 0. The van der Waals surface area contributed by atoms with Crippen LogP contribution in [0.5, 0.6) is 0 Å². The number of hydrogen-bond donors (Lipinski definition) is 1. The summed E-state index contributed by atoms with van der Waals surface area (Å²) < 4.78 is 5.56. The first kappa shape index (κ1) is 12.6. The van der Waals surface area contributed by atoms with Crippen molar-refractivity contribution in [3.63, 3.8) is 0 Å². The van der Waals surface area contributed by atoms with Gasteiger partial charge in [-0.25, -0.2) is 0 Å². The minimum atomic E-state index is 0.270. The van der Waals surface area contributed by atoms with Crippen molar-refractivity contribution in [1.82, 2.24) is 10.2 Å². The Bertz CT molecular complexity index is 511. The monoisotopic (exact) mass is 245 g/mol. The highest BCUT2D eigenvalue weighted by atomic mass is 16.4. The van der Waals surface area contributed by atoms with Crippen LogP contribution in [0.4, 0.5) is 5.69 Å². The van der Waals surface area contributed by atoms with Gasteiger partial charge in [0.25, 0.3) is 0 Å². The molecular formula is C14H19N3O. The molecule has 1 aromatic heterocycles. The number of anilines is 1. The summed E-state index contributed by atoms with van der Waals surface area (Å²) in [5, 5.41) is 11.4. The van der Waals surface area contributed by atoms with Crippen LogP contribution in [0, 0.1) is 13.8 Å². The van der Waals surface area contributed by atoms with Crippen LogP contribution in [-0.2, 0) is 6.54 Å². The summed E-state index contributed by atoms with van der Waals surface area (Å²) >= 11 is 0. The molecule has 1 N–H and O–H groups in total. The van der Waals surface area contributed by atoms with Gasteiger partial charge in [-0.3, -0.25) is 0 Å². The van der Waals surface area contributed by atoms with Crippen molar-refractivity contribution in [2.24, 2.45) is 0 Å². The summed E-state index contributed by atoms with van der Waals surface area (Å²) in [6, 6.07) is 6.23. The molecule has 0 aliphatic rings. The molecule has 0 aliphatic carbocycles. The van der Waals surface area contributed by atoms with Crippen molar-refractivity contribution in [3.05, 3.63) is 41.1 Å². The highest BCUT2D eigenvalue weighted by Gasteiger charge is 2.10. The number of rotatable bonds is 4. The second kappa shape index (κ2) is 5.21. The maximum absolute atomic E-state index is 5.56. The van der Waals surface area contributed by atoms with Crippen molar-refractivity contribution < 1.29 is 4.42 Å². The number of para-hydroxylation sites is 1. The zero-order valence-electron chi connectivity index (χ0n) is 11.3. The predicted molar refractivity (Wildman–Crippen MR) is 71.6 cm³/mol. The number of nitrogens with zero attached hydrogens (tertiary/aromatic N) is 2. The normalized spacial score (nSPS) is 10.9. The second-order valence-corrected chi connectivity index (χ2v) is 4.81. The average molecular weight is 245 g/mol. The Labute approximate surface area is 107 Å². The Morgan fingerprint density at radius 2 is 1.83 bits per heavy atom. The topological polar surface area (TPSA) is 51.0 Å². The van der Waals surface area contributed by atoms with E-state index in [2.05, 4.69) is 47.6 Å². The Balaban J connectivity index is 2.07. The molecule has 0 unspecified atom stereocenters. The predicted octanol–water partition coefficient (Wildman–Crippen LogP) is 3.42. The second-order valence-electron chi connectivity index (χ2n) is 4.81. The van der Waals surface area contributed by atoms with Crippen LogP contribution >= 0.6 is 0 Å². The lowest BCUT2D eigenvalue weighted by Gasteiger charge is -2.10. The fourth-order valence-corrected chi connectivity index (χ4v) is 1.83. The van der Waals surface area contributed by atoms with Crippen LogP contribution in [0.25, 0.3) is 0 Å². The van der Waals surface area contributed by atoms with E-state index in [9.17, 15) is 0 Å². The molecular weight excluding hydrogens is 226 g/mol. The standard InChI is InChI=1S/C14H19N3O/c1-9(2)14-17-16-12(18-14)8-15-13-10(3)6-5-7-11(13)4/h5-7,9,15H,8H2,1-4H3. The van der Waals surface area contributed by atoms with Gasteiger partial charge in [0.2, 0.25) is 11.8 Å². The van der Waals surface area contributed by atoms with E-state index >= 15 is 0 Å². The summed E-state index contributed by atoms with van der Waals surface area (Å²) in [7, 11) is 0. The Kier molecular flexibility index (Phi) is 3.65. The van der Waals surface area contributed by atoms with Gasteiger partial charge >= 0.3 is 0 Å². The van der Waals surface area contributed by atoms with E-state index in [1.807, 2.05) is 13.8 Å². The lowest BCUT2D eigenvalue weighted by Crippen LogP contribution is -2.03. The third kappa shape index (κ3) is 2.70. The van der Waals surface area contributed by atoms with Gasteiger partial charge in [0, 0.05) is 11.6 Å². The highest BCUT2D eigenvalue weighted by Crippen LogP contribution is 2.20. The van der Waals surface area contributed by atoms with Gasteiger partial charge in [0.1, 0.15) is 0 Å². The smallest absolute Gasteiger partial charge is 0.235 e. The number of aromatic nitrogens is 2. The van der Waals surface area contributed by atoms with Crippen LogP contribution in [-0.4, -0.2) is 10.2 Å². The molecule has 1 heterocycles. The first-order chi connectivity index (χ1) is 8.58. The van der Waals surface area contributed by atoms with Crippen molar-refractivity contribution in [3.8, 4) is 0 Å². The molecule has 0 fully saturated rings. The molecule has 18 heavy (non-hydrogen) atoms. The quantitative estimate of drug-likeness (QED) is 0.896. The molecule has 2 rings (SSSR count). The first-order valence-electron chi connectivity index (χ1n) is 6.20. The first-order valence-corrected chi connectivity index (χ1v) is 6.20. The molecule has 0 atom stereocenters. The minimum absolute atomic E-state index is 0.270. The molecule has 0 saturated heterocycles. The van der Waals surface area contributed by atoms with Crippen LogP contribution in [0.1, 0.15) is 42.7 Å². The largest absolute Gasteiger partial charge is 0.423 e. The summed E-state index contributed by atoms with van der Waals surface area (Å²) in [6.45, 7) is 8.81. The van der Waals surface area contributed by atoms with E-state index in [4.69, 9.17) is 4.42 Å². The fourth-order valence-electron chi connectivity index (χ4n) is 1.83. The van der Waals surface area contributed by atoms with Crippen LogP contribution in [0.3, 0.4) is 0 Å². The van der Waals surface area contributed by atoms with Crippen molar-refractivity contribution >= 4 is 5.69 Å². The molecule has 0 amide bonds. The van der Waals surface area contributed by atoms with E-state index < -0.39 is 0 Å². The van der Waals surface area contributed by atoms with E-state index in [-0.39, 0.29) is 5.92 Å². The minimum Gasteiger partial charge on any atom is -0.423 e. The van der Waals surface area contributed by atoms with Gasteiger partial charge < -0.3 is 9.73 Å². The molecule has 0 spiro atoms. The fraction of sp³-hybridized carbons (Fsp3) is 0.429. The van der Waals surface area contributed by atoms with Gasteiger partial charge in [0.05, 0.1) is 6.54 Å². The van der Waals surface area contributed by atoms with E-state index in [0.29, 0.717) is 18.3 Å². The number of hydrogen-bond acceptors (Lipinski definition) is 4. The third-order valence-electron chi connectivity index (χ3n) is 2.87. The van der Waals surface area contributed by atoms with E-state index in [0.717, 1.165) is 5.69 Å². The lowest BCUT2D eigenvalue weighted by atomic mass is 10.1. The Morgan fingerprint density at radius 1 is 1.17 bits per heavy atom. The zero-order valence-corrected chi connectivity index (χ0v) is 11.3.